The highest BCUT2D eigenvalue weighted by atomic mass is 127. The highest BCUT2D eigenvalue weighted by Crippen LogP contribution is 2.37. The standard InChI is InChI=1S/C25H18IN3O9S/c1-14-6-8-18(9-7-14)39(35,36)38-22-20(26)11-15(12-21(22)37-2)10-19-23(30)27-25(32)28(24(19)31)16-4-3-5-17(13-16)29(33)34/h3-13H,1-2H3,(H,27,30,32)/b19-10+. The summed E-state index contributed by atoms with van der Waals surface area (Å²) >= 11 is 1.82. The molecule has 0 unspecified atom stereocenters. The van der Waals surface area contributed by atoms with Crippen LogP contribution < -0.4 is 19.1 Å². The van der Waals surface area contributed by atoms with E-state index in [9.17, 15) is 32.9 Å². The molecule has 12 nitrogen and oxygen atoms in total. The molecule has 1 heterocycles. The van der Waals surface area contributed by atoms with Gasteiger partial charge in [-0.1, -0.05) is 23.8 Å². The number of carbonyl (C=O) groups excluding carboxylic acids is 3. The number of anilines is 1. The van der Waals surface area contributed by atoms with Gasteiger partial charge < -0.3 is 8.92 Å². The summed E-state index contributed by atoms with van der Waals surface area (Å²) in [5.74, 6) is -2.10. The summed E-state index contributed by atoms with van der Waals surface area (Å²) in [6.07, 6.45) is 1.18. The van der Waals surface area contributed by atoms with Crippen LogP contribution in [0.15, 0.2) is 71.1 Å². The minimum atomic E-state index is -4.21. The second kappa shape index (κ2) is 10.8. The maximum atomic E-state index is 13.2. The maximum absolute atomic E-state index is 13.2. The molecule has 3 aromatic carbocycles. The van der Waals surface area contributed by atoms with Crippen LogP contribution >= 0.6 is 22.6 Å². The molecule has 1 fully saturated rings. The monoisotopic (exact) mass is 663 g/mol. The summed E-state index contributed by atoms with van der Waals surface area (Å²) < 4.78 is 36.6. The first kappa shape index (κ1) is 27.7. The molecule has 0 radical (unpaired) electrons. The number of nitro groups is 1. The quantitative estimate of drug-likeness (QED) is 0.0986. The lowest BCUT2D eigenvalue weighted by atomic mass is 10.1. The molecule has 0 atom stereocenters. The van der Waals surface area contributed by atoms with E-state index in [1.165, 1.54) is 55.7 Å². The first-order valence-corrected chi connectivity index (χ1v) is 13.4. The van der Waals surface area contributed by atoms with Gasteiger partial charge in [-0.2, -0.15) is 8.42 Å². The zero-order valence-electron chi connectivity index (χ0n) is 20.2. The molecule has 0 spiro atoms. The average Bonchev–Trinajstić information content (AvgIpc) is 2.88. The van der Waals surface area contributed by atoms with E-state index >= 15 is 0 Å². The summed E-state index contributed by atoms with van der Waals surface area (Å²) in [5, 5.41) is 13.2. The number of benzene rings is 3. The number of ether oxygens (including phenoxy) is 1. The fourth-order valence-corrected chi connectivity index (χ4v) is 5.41. The van der Waals surface area contributed by atoms with Gasteiger partial charge in [-0.25, -0.2) is 9.69 Å². The Kier molecular flexibility index (Phi) is 7.69. The molecule has 4 rings (SSSR count). The number of imide groups is 2. The Morgan fingerprint density at radius 1 is 1.05 bits per heavy atom. The zero-order chi connectivity index (χ0) is 28.5. The van der Waals surface area contributed by atoms with Crippen molar-refractivity contribution in [3.63, 3.8) is 0 Å². The maximum Gasteiger partial charge on any atom is 0.339 e. The van der Waals surface area contributed by atoms with Crippen molar-refractivity contribution in [3.05, 3.63) is 91.0 Å². The van der Waals surface area contributed by atoms with E-state index in [1.807, 2.05) is 34.8 Å². The molecule has 3 aromatic rings. The predicted octanol–water partition coefficient (Wildman–Crippen LogP) is 3.95. The van der Waals surface area contributed by atoms with Crippen molar-refractivity contribution in [1.82, 2.24) is 5.32 Å². The summed E-state index contributed by atoms with van der Waals surface area (Å²) in [7, 11) is -2.92. The highest BCUT2D eigenvalue weighted by molar-refractivity contribution is 14.1. The number of halogens is 1. The lowest BCUT2D eigenvalue weighted by molar-refractivity contribution is -0.384. The Morgan fingerprint density at radius 3 is 2.38 bits per heavy atom. The minimum Gasteiger partial charge on any atom is -0.493 e. The van der Waals surface area contributed by atoms with Gasteiger partial charge in [0.2, 0.25) is 0 Å². The van der Waals surface area contributed by atoms with Crippen molar-refractivity contribution >= 4 is 68.0 Å². The number of carbonyl (C=O) groups is 3. The van der Waals surface area contributed by atoms with Crippen LogP contribution in [0.1, 0.15) is 11.1 Å². The van der Waals surface area contributed by atoms with Crippen LogP contribution in [0.4, 0.5) is 16.2 Å². The van der Waals surface area contributed by atoms with Crippen LogP contribution in [0.2, 0.25) is 0 Å². The molecule has 14 heteroatoms. The first-order chi connectivity index (χ1) is 18.4. The molecule has 0 bridgehead atoms. The van der Waals surface area contributed by atoms with Crippen LogP contribution in [0.5, 0.6) is 11.5 Å². The van der Waals surface area contributed by atoms with Crippen molar-refractivity contribution in [3.8, 4) is 11.5 Å². The largest absolute Gasteiger partial charge is 0.493 e. The highest BCUT2D eigenvalue weighted by Gasteiger charge is 2.37. The van der Waals surface area contributed by atoms with Crippen LogP contribution in [-0.4, -0.2) is 38.3 Å². The molecule has 39 heavy (non-hydrogen) atoms. The Labute approximate surface area is 235 Å². The molecule has 0 aliphatic carbocycles. The number of nitrogens with zero attached hydrogens (tertiary/aromatic N) is 2. The summed E-state index contributed by atoms with van der Waals surface area (Å²) in [4.78, 5) is 49.2. The number of methoxy groups -OCH3 is 1. The van der Waals surface area contributed by atoms with Gasteiger partial charge in [-0.05, 0) is 71.5 Å². The van der Waals surface area contributed by atoms with E-state index in [1.54, 1.807) is 12.1 Å². The smallest absolute Gasteiger partial charge is 0.339 e. The average molecular weight is 663 g/mol. The number of nitrogens with one attached hydrogen (secondary N) is 1. The molecule has 200 valence electrons. The molecular weight excluding hydrogens is 645 g/mol. The van der Waals surface area contributed by atoms with Gasteiger partial charge in [0.25, 0.3) is 17.5 Å². The number of aryl methyl sites for hydroxylation is 1. The Balaban J connectivity index is 1.70. The van der Waals surface area contributed by atoms with Crippen LogP contribution in [0, 0.1) is 20.6 Å². The van der Waals surface area contributed by atoms with E-state index in [2.05, 4.69) is 0 Å². The van der Waals surface area contributed by atoms with Gasteiger partial charge in [0.05, 0.1) is 21.3 Å². The third-order valence-corrected chi connectivity index (χ3v) is 7.50. The number of rotatable bonds is 7. The van der Waals surface area contributed by atoms with Crippen molar-refractivity contribution in [2.24, 2.45) is 0 Å². The third-order valence-electron chi connectivity index (χ3n) is 5.47. The molecule has 4 amide bonds. The number of hydrogen-bond acceptors (Lipinski definition) is 9. The summed E-state index contributed by atoms with van der Waals surface area (Å²) in [6, 6.07) is 12.6. The number of hydrogen-bond donors (Lipinski definition) is 1. The van der Waals surface area contributed by atoms with E-state index < -0.39 is 38.5 Å². The molecule has 0 saturated carbocycles. The van der Waals surface area contributed by atoms with E-state index in [-0.39, 0.29) is 36.9 Å². The van der Waals surface area contributed by atoms with Crippen LogP contribution in [0.25, 0.3) is 6.08 Å². The van der Waals surface area contributed by atoms with Crippen molar-refractivity contribution < 1.29 is 36.6 Å². The predicted molar refractivity (Wildman–Crippen MR) is 147 cm³/mol. The number of barbiturate groups is 1. The number of nitro benzene ring substituents is 1. The second-order valence-corrected chi connectivity index (χ2v) is 10.8. The molecule has 1 aliphatic heterocycles. The Morgan fingerprint density at radius 2 is 1.74 bits per heavy atom. The lowest BCUT2D eigenvalue weighted by Gasteiger charge is -2.26. The Hall–Kier alpha value is -4.31. The second-order valence-electron chi connectivity index (χ2n) is 8.12. The van der Waals surface area contributed by atoms with Crippen LogP contribution in [-0.2, 0) is 19.7 Å². The van der Waals surface area contributed by atoms with Gasteiger partial charge in [0.1, 0.15) is 10.5 Å². The number of amides is 4. The van der Waals surface area contributed by atoms with E-state index in [0.717, 1.165) is 11.6 Å². The van der Waals surface area contributed by atoms with E-state index in [0.29, 0.717) is 4.90 Å². The van der Waals surface area contributed by atoms with Crippen LogP contribution in [0.3, 0.4) is 0 Å². The van der Waals surface area contributed by atoms with Gasteiger partial charge in [0, 0.05) is 12.1 Å². The topological polar surface area (TPSA) is 162 Å². The number of urea groups is 1. The summed E-state index contributed by atoms with van der Waals surface area (Å²) in [5.41, 5.74) is 0.210. The molecule has 0 aromatic heterocycles. The Bertz CT molecular complexity index is 1670. The van der Waals surface area contributed by atoms with Gasteiger partial charge in [-0.3, -0.25) is 25.0 Å². The summed E-state index contributed by atoms with van der Waals surface area (Å²) in [6.45, 7) is 1.81. The van der Waals surface area contributed by atoms with E-state index in [4.69, 9.17) is 8.92 Å². The van der Waals surface area contributed by atoms with Gasteiger partial charge >= 0.3 is 16.1 Å². The molecule has 1 saturated heterocycles. The molecule has 1 N–H and O–H groups in total. The molecular formula is C25H18IN3O9S. The fraction of sp³-hybridized carbons (Fsp3) is 0.0800. The fourth-order valence-electron chi connectivity index (χ4n) is 3.57. The normalized spacial score (nSPS) is 14.8. The van der Waals surface area contributed by atoms with Crippen molar-refractivity contribution in [1.29, 1.82) is 0 Å². The minimum absolute atomic E-state index is 0.000259. The molecule has 1 aliphatic rings. The van der Waals surface area contributed by atoms with Gasteiger partial charge in [0.15, 0.2) is 11.5 Å². The number of non-ortho nitro benzene ring substituents is 1. The zero-order valence-corrected chi connectivity index (χ0v) is 23.2. The van der Waals surface area contributed by atoms with Crippen molar-refractivity contribution in [2.75, 3.05) is 12.0 Å². The SMILES string of the molecule is COc1cc(/C=C2\C(=O)NC(=O)N(c3cccc([N+](=O)[O-])c3)C2=O)cc(I)c1OS(=O)(=O)c1ccc(C)cc1. The van der Waals surface area contributed by atoms with Crippen molar-refractivity contribution in [2.45, 2.75) is 11.8 Å². The first-order valence-electron chi connectivity index (χ1n) is 11.0. The lowest BCUT2D eigenvalue weighted by Crippen LogP contribution is -2.54. The van der Waals surface area contributed by atoms with Gasteiger partial charge in [-0.15, -0.1) is 0 Å². The third kappa shape index (κ3) is 5.75.